The highest BCUT2D eigenvalue weighted by atomic mass is 16.6. The first-order valence-electron chi connectivity index (χ1n) is 12.4. The van der Waals surface area contributed by atoms with Crippen LogP contribution < -0.4 is 0 Å². The smallest absolute Gasteiger partial charge is 0.410 e. The van der Waals surface area contributed by atoms with Crippen molar-refractivity contribution in [3.05, 3.63) is 29.2 Å². The Morgan fingerprint density at radius 3 is 2.42 bits per heavy atom. The Labute approximate surface area is 197 Å². The number of morpholine rings is 1. The molecular weight excluding hydrogens is 416 g/mol. The third-order valence-corrected chi connectivity index (χ3v) is 7.02. The monoisotopic (exact) mass is 456 g/mol. The third kappa shape index (κ3) is 5.51. The average Bonchev–Trinajstić information content (AvgIpc) is 3.15. The van der Waals surface area contributed by atoms with E-state index in [1.54, 1.807) is 4.90 Å². The van der Waals surface area contributed by atoms with Crippen molar-refractivity contribution in [2.75, 3.05) is 19.7 Å². The number of amides is 1. The van der Waals surface area contributed by atoms with E-state index in [2.05, 4.69) is 26.8 Å². The molecule has 2 fully saturated rings. The van der Waals surface area contributed by atoms with Gasteiger partial charge in [0.15, 0.2) is 5.65 Å². The molecule has 33 heavy (non-hydrogen) atoms. The van der Waals surface area contributed by atoms with Crippen LogP contribution in [0.4, 0.5) is 4.79 Å². The van der Waals surface area contributed by atoms with Gasteiger partial charge in [0.2, 0.25) is 0 Å². The quantitative estimate of drug-likeness (QED) is 0.583. The first-order valence-corrected chi connectivity index (χ1v) is 12.4. The number of carbonyl (C=O) groups is 1. The highest BCUT2D eigenvalue weighted by Gasteiger charge is 2.33. The second-order valence-electron chi connectivity index (χ2n) is 11.9. The van der Waals surface area contributed by atoms with Gasteiger partial charge in [0.25, 0.3) is 0 Å². The summed E-state index contributed by atoms with van der Waals surface area (Å²) in [6.45, 7) is 16.2. The highest BCUT2D eigenvalue weighted by Crippen LogP contribution is 2.43. The predicted octanol–water partition coefficient (Wildman–Crippen LogP) is 5.67. The molecule has 1 amide bonds. The molecule has 2 aromatic rings. The zero-order valence-corrected chi connectivity index (χ0v) is 21.4. The van der Waals surface area contributed by atoms with E-state index in [9.17, 15) is 4.79 Å². The topological polar surface area (TPSA) is 69.0 Å². The van der Waals surface area contributed by atoms with Crippen molar-refractivity contribution in [3.8, 4) is 0 Å². The fraction of sp³-hybridized carbons (Fsp3) is 0.731. The Bertz CT molecular complexity index is 993. The van der Waals surface area contributed by atoms with Gasteiger partial charge in [0, 0.05) is 24.2 Å². The summed E-state index contributed by atoms with van der Waals surface area (Å²) in [4.78, 5) is 19.1. The number of aromatic nitrogens is 3. The van der Waals surface area contributed by atoms with Crippen molar-refractivity contribution >= 4 is 11.7 Å². The molecule has 2 aromatic heterocycles. The minimum Gasteiger partial charge on any atom is -0.444 e. The molecule has 0 unspecified atom stereocenters. The van der Waals surface area contributed by atoms with Gasteiger partial charge in [-0.15, -0.1) is 0 Å². The summed E-state index contributed by atoms with van der Waals surface area (Å²) in [7, 11) is 0. The van der Waals surface area contributed by atoms with Crippen molar-refractivity contribution < 1.29 is 14.3 Å². The lowest BCUT2D eigenvalue weighted by molar-refractivity contribution is -0.0454. The van der Waals surface area contributed by atoms with Gasteiger partial charge in [0.1, 0.15) is 11.7 Å². The van der Waals surface area contributed by atoms with Gasteiger partial charge in [-0.25, -0.2) is 14.3 Å². The molecule has 0 N–H and O–H groups in total. The molecule has 1 aliphatic heterocycles. The summed E-state index contributed by atoms with van der Waals surface area (Å²) < 4.78 is 13.6. The Balaban J connectivity index is 1.55. The van der Waals surface area contributed by atoms with Gasteiger partial charge in [-0.3, -0.25) is 0 Å². The van der Waals surface area contributed by atoms with Crippen LogP contribution in [0.15, 0.2) is 12.1 Å². The maximum absolute atomic E-state index is 12.6. The minimum atomic E-state index is -0.520. The molecule has 0 spiro atoms. The molecule has 7 heteroatoms. The number of nitrogens with zero attached hydrogens (tertiary/aromatic N) is 4. The van der Waals surface area contributed by atoms with Crippen molar-refractivity contribution in [3.63, 3.8) is 0 Å². The van der Waals surface area contributed by atoms with Crippen LogP contribution in [0.25, 0.3) is 5.65 Å². The Morgan fingerprint density at radius 1 is 1.09 bits per heavy atom. The summed E-state index contributed by atoms with van der Waals surface area (Å²) in [5.41, 5.74) is 3.71. The lowest BCUT2D eigenvalue weighted by Gasteiger charge is -2.36. The fourth-order valence-corrected chi connectivity index (χ4v) is 5.15. The molecular formula is C26H40N4O3. The number of hydrogen-bond donors (Lipinski definition) is 0. The summed E-state index contributed by atoms with van der Waals surface area (Å²) in [5.74, 6) is 1.25. The number of carbonyl (C=O) groups excluding carboxylic acids is 1. The van der Waals surface area contributed by atoms with Crippen LogP contribution in [0.2, 0.25) is 0 Å². The Kier molecular flexibility index (Phi) is 6.47. The second kappa shape index (κ2) is 8.90. The maximum Gasteiger partial charge on any atom is 0.410 e. The van der Waals surface area contributed by atoms with E-state index in [1.165, 1.54) is 25.7 Å². The van der Waals surface area contributed by atoms with E-state index >= 15 is 0 Å². The van der Waals surface area contributed by atoms with Crippen LogP contribution in [-0.2, 0) is 9.47 Å². The SMILES string of the molecule is Cc1cc([C@@H]2CN(C(=O)OC(C)(C)C)CCO2)n2nc(C3CCC(C(C)(C)C)CC3)cc2n1. The summed E-state index contributed by atoms with van der Waals surface area (Å²) in [6.07, 6.45) is 4.28. The van der Waals surface area contributed by atoms with Crippen LogP contribution in [0.1, 0.15) is 96.3 Å². The van der Waals surface area contributed by atoms with Crippen LogP contribution in [0.3, 0.4) is 0 Å². The van der Waals surface area contributed by atoms with Crippen molar-refractivity contribution in [2.45, 2.75) is 91.8 Å². The van der Waals surface area contributed by atoms with Gasteiger partial charge < -0.3 is 14.4 Å². The Hall–Kier alpha value is -2.15. The first-order chi connectivity index (χ1) is 15.4. The van der Waals surface area contributed by atoms with Crippen LogP contribution >= 0.6 is 0 Å². The number of rotatable bonds is 2. The van der Waals surface area contributed by atoms with Gasteiger partial charge in [-0.05, 0) is 70.8 Å². The normalized spacial score (nSPS) is 24.8. The molecule has 1 saturated carbocycles. The predicted molar refractivity (Wildman–Crippen MR) is 128 cm³/mol. The lowest BCUT2D eigenvalue weighted by atomic mass is 9.69. The van der Waals surface area contributed by atoms with E-state index in [1.807, 2.05) is 38.3 Å². The maximum atomic E-state index is 12.6. The van der Waals surface area contributed by atoms with Crippen LogP contribution in [-0.4, -0.2) is 50.9 Å². The van der Waals surface area contributed by atoms with Crippen LogP contribution in [0.5, 0.6) is 0 Å². The zero-order valence-electron chi connectivity index (χ0n) is 21.4. The standard InChI is InChI=1S/C26H40N4O3/c1-17-14-21(22-16-29(12-13-32-22)24(31)33-26(5,6)7)30-23(27-17)15-20(28-30)18-8-10-19(11-9-18)25(2,3)4/h14-15,18-19,22H,8-13,16H2,1-7H3/t18?,19?,22-/m0/s1. The molecule has 0 aromatic carbocycles. The zero-order chi connectivity index (χ0) is 24.0. The molecule has 0 radical (unpaired) electrons. The number of fused-ring (bicyclic) bond motifs is 1. The van der Waals surface area contributed by atoms with Gasteiger partial charge in [-0.2, -0.15) is 5.10 Å². The molecule has 182 valence electrons. The Morgan fingerprint density at radius 2 is 1.79 bits per heavy atom. The molecule has 2 aliphatic rings. The second-order valence-corrected chi connectivity index (χ2v) is 11.9. The number of hydrogen-bond acceptors (Lipinski definition) is 5. The molecule has 3 heterocycles. The van der Waals surface area contributed by atoms with E-state index in [4.69, 9.17) is 19.6 Å². The largest absolute Gasteiger partial charge is 0.444 e. The molecule has 1 saturated heterocycles. The number of aryl methyl sites for hydroxylation is 1. The summed E-state index contributed by atoms with van der Waals surface area (Å²) >= 11 is 0. The average molecular weight is 457 g/mol. The first kappa shape index (κ1) is 24.0. The minimum absolute atomic E-state index is 0.264. The van der Waals surface area contributed by atoms with Gasteiger partial charge >= 0.3 is 6.09 Å². The highest BCUT2D eigenvalue weighted by molar-refractivity contribution is 5.68. The van der Waals surface area contributed by atoms with Crippen molar-refractivity contribution in [1.29, 1.82) is 0 Å². The van der Waals surface area contributed by atoms with Crippen LogP contribution in [0, 0.1) is 18.3 Å². The lowest BCUT2D eigenvalue weighted by Crippen LogP contribution is -2.45. The van der Waals surface area contributed by atoms with E-state index in [0.29, 0.717) is 31.0 Å². The third-order valence-electron chi connectivity index (χ3n) is 7.02. The van der Waals surface area contributed by atoms with Crippen molar-refractivity contribution in [1.82, 2.24) is 19.5 Å². The molecule has 0 bridgehead atoms. The van der Waals surface area contributed by atoms with E-state index in [-0.39, 0.29) is 12.2 Å². The van der Waals surface area contributed by atoms with Crippen molar-refractivity contribution in [2.24, 2.45) is 11.3 Å². The molecule has 1 atom stereocenters. The summed E-state index contributed by atoms with van der Waals surface area (Å²) in [6, 6.07) is 4.18. The van der Waals surface area contributed by atoms with Gasteiger partial charge in [-0.1, -0.05) is 20.8 Å². The summed E-state index contributed by atoms with van der Waals surface area (Å²) in [5, 5.41) is 5.01. The molecule has 7 nitrogen and oxygen atoms in total. The fourth-order valence-electron chi connectivity index (χ4n) is 5.15. The molecule has 4 rings (SSSR count). The van der Waals surface area contributed by atoms with E-state index in [0.717, 1.165) is 28.6 Å². The van der Waals surface area contributed by atoms with E-state index < -0.39 is 5.60 Å². The molecule has 1 aliphatic carbocycles. The number of ether oxygens (including phenoxy) is 2. The van der Waals surface area contributed by atoms with Gasteiger partial charge in [0.05, 0.1) is 24.5 Å².